The van der Waals surface area contributed by atoms with Crippen LogP contribution in [0.2, 0.25) is 0 Å². The Morgan fingerprint density at radius 1 is 0.912 bits per heavy atom. The Morgan fingerprint density at radius 2 is 1.53 bits per heavy atom. The van der Waals surface area contributed by atoms with Crippen molar-refractivity contribution in [3.63, 3.8) is 0 Å². The minimum atomic E-state index is -1.12. The van der Waals surface area contributed by atoms with Crippen molar-refractivity contribution in [2.75, 3.05) is 33.7 Å². The van der Waals surface area contributed by atoms with E-state index >= 15 is 0 Å². The van der Waals surface area contributed by atoms with Crippen molar-refractivity contribution in [2.45, 2.75) is 38.4 Å². The molecule has 2 amide bonds. The van der Waals surface area contributed by atoms with Gasteiger partial charge in [0.25, 0.3) is 0 Å². The van der Waals surface area contributed by atoms with Gasteiger partial charge in [0, 0.05) is 25.9 Å². The molecule has 1 fully saturated rings. The molecule has 8 nitrogen and oxygen atoms in total. The number of hydrazine groups is 1. The average molecular weight is 468 g/mol. The lowest BCUT2D eigenvalue weighted by molar-refractivity contribution is -0.157. The number of esters is 1. The van der Waals surface area contributed by atoms with Crippen LogP contribution in [-0.4, -0.2) is 72.7 Å². The van der Waals surface area contributed by atoms with Gasteiger partial charge in [-0.1, -0.05) is 60.7 Å². The molecule has 2 aromatic rings. The molecule has 1 aliphatic heterocycles. The number of amides is 2. The van der Waals surface area contributed by atoms with Crippen LogP contribution >= 0.6 is 0 Å². The van der Waals surface area contributed by atoms with Crippen LogP contribution in [0.3, 0.4) is 0 Å². The molecule has 0 aliphatic carbocycles. The van der Waals surface area contributed by atoms with Crippen LogP contribution < -0.4 is 0 Å². The van der Waals surface area contributed by atoms with Crippen molar-refractivity contribution in [1.29, 1.82) is 0 Å². The summed E-state index contributed by atoms with van der Waals surface area (Å²) in [7, 11) is 3.90. The number of rotatable bonds is 10. The maximum Gasteiger partial charge on any atom is 0.429 e. The summed E-state index contributed by atoms with van der Waals surface area (Å²) >= 11 is 0. The van der Waals surface area contributed by atoms with Gasteiger partial charge in [0.15, 0.2) is 0 Å². The Bertz CT molecular complexity index is 936. The number of carbonyl (C=O) groups is 3. The third-order valence-corrected chi connectivity index (χ3v) is 5.52. The molecule has 1 saturated heterocycles. The number of hydrogen-bond acceptors (Lipinski definition) is 6. The average Bonchev–Trinajstić information content (AvgIpc) is 3.33. The normalized spacial score (nSPS) is 14.2. The zero-order valence-electron chi connectivity index (χ0n) is 19.9. The van der Waals surface area contributed by atoms with Crippen LogP contribution in [0.5, 0.6) is 0 Å². The molecule has 3 rings (SSSR count). The monoisotopic (exact) mass is 467 g/mol. The predicted octanol–water partition coefficient (Wildman–Crippen LogP) is 3.27. The Labute approximate surface area is 201 Å². The fourth-order valence-electron chi connectivity index (χ4n) is 3.74. The van der Waals surface area contributed by atoms with Crippen molar-refractivity contribution in [3.05, 3.63) is 71.8 Å². The van der Waals surface area contributed by atoms with Crippen molar-refractivity contribution >= 4 is 18.0 Å². The number of hydrogen-bond donors (Lipinski definition) is 0. The molecule has 2 aromatic carbocycles. The first kappa shape index (κ1) is 25.2. The van der Waals surface area contributed by atoms with E-state index in [9.17, 15) is 14.4 Å². The molecule has 1 atom stereocenters. The summed E-state index contributed by atoms with van der Waals surface area (Å²) in [6, 6.07) is 18.6. The second-order valence-corrected chi connectivity index (χ2v) is 8.56. The highest BCUT2D eigenvalue weighted by Crippen LogP contribution is 2.17. The van der Waals surface area contributed by atoms with Gasteiger partial charge < -0.3 is 14.4 Å². The fraction of sp³-hybridized carbons (Fsp3) is 0.423. The van der Waals surface area contributed by atoms with Crippen LogP contribution in [0, 0.1) is 0 Å². The number of carbonyl (C=O) groups excluding carboxylic acids is 3. The molecule has 0 saturated carbocycles. The Morgan fingerprint density at radius 3 is 2.18 bits per heavy atom. The molecule has 0 aromatic heterocycles. The molecule has 1 aliphatic rings. The molecular weight excluding hydrogens is 434 g/mol. The SMILES string of the molecule is CN(C)CCCC(=O)N1CCCN1C(=O)OC(Cc1ccccc1)C(=O)OCc1ccccc1. The third-order valence-electron chi connectivity index (χ3n) is 5.52. The van der Waals surface area contributed by atoms with E-state index in [2.05, 4.69) is 0 Å². The molecule has 0 spiro atoms. The van der Waals surface area contributed by atoms with E-state index in [4.69, 9.17) is 9.47 Å². The van der Waals surface area contributed by atoms with E-state index in [-0.39, 0.29) is 18.9 Å². The molecule has 0 radical (unpaired) electrons. The maximum atomic E-state index is 13.0. The molecular formula is C26H33N3O5. The van der Waals surface area contributed by atoms with Gasteiger partial charge in [0.05, 0.1) is 0 Å². The largest absolute Gasteiger partial charge is 0.458 e. The topological polar surface area (TPSA) is 79.4 Å². The van der Waals surface area contributed by atoms with Crippen LogP contribution in [0.25, 0.3) is 0 Å². The Balaban J connectivity index is 1.64. The summed E-state index contributed by atoms with van der Waals surface area (Å²) in [4.78, 5) is 40.6. The summed E-state index contributed by atoms with van der Waals surface area (Å²) in [6.07, 6.45) is 0.0598. The molecule has 1 heterocycles. The molecule has 34 heavy (non-hydrogen) atoms. The summed E-state index contributed by atoms with van der Waals surface area (Å²) in [5.74, 6) is -0.744. The van der Waals surface area contributed by atoms with Gasteiger partial charge in [-0.05, 0) is 44.6 Å². The lowest BCUT2D eigenvalue weighted by atomic mass is 10.1. The minimum Gasteiger partial charge on any atom is -0.458 e. The Hall–Kier alpha value is -3.39. The van der Waals surface area contributed by atoms with E-state index in [0.29, 0.717) is 32.4 Å². The van der Waals surface area contributed by atoms with Crippen LogP contribution in [0.15, 0.2) is 60.7 Å². The molecule has 182 valence electrons. The van der Waals surface area contributed by atoms with E-state index in [1.54, 1.807) is 0 Å². The summed E-state index contributed by atoms with van der Waals surface area (Å²) < 4.78 is 11.1. The van der Waals surface area contributed by atoms with Gasteiger partial charge in [0.2, 0.25) is 12.0 Å². The van der Waals surface area contributed by atoms with Crippen molar-refractivity contribution in [2.24, 2.45) is 0 Å². The van der Waals surface area contributed by atoms with Gasteiger partial charge >= 0.3 is 12.1 Å². The van der Waals surface area contributed by atoms with Crippen molar-refractivity contribution in [3.8, 4) is 0 Å². The number of nitrogens with zero attached hydrogens (tertiary/aromatic N) is 3. The zero-order chi connectivity index (χ0) is 24.3. The molecule has 8 heteroatoms. The highest BCUT2D eigenvalue weighted by molar-refractivity contribution is 5.82. The fourth-order valence-corrected chi connectivity index (χ4v) is 3.74. The first-order valence-electron chi connectivity index (χ1n) is 11.6. The molecule has 1 unspecified atom stereocenters. The van der Waals surface area contributed by atoms with Gasteiger partial charge in [-0.25, -0.2) is 19.6 Å². The van der Waals surface area contributed by atoms with E-state index < -0.39 is 18.2 Å². The second-order valence-electron chi connectivity index (χ2n) is 8.56. The summed E-state index contributed by atoms with van der Waals surface area (Å²) in [6.45, 7) is 1.70. The first-order chi connectivity index (χ1) is 16.4. The van der Waals surface area contributed by atoms with Gasteiger partial charge in [-0.3, -0.25) is 4.79 Å². The molecule has 0 bridgehead atoms. The van der Waals surface area contributed by atoms with Crippen molar-refractivity contribution in [1.82, 2.24) is 14.9 Å². The molecule has 0 N–H and O–H groups in total. The third kappa shape index (κ3) is 7.59. The summed E-state index contributed by atoms with van der Waals surface area (Å²) in [5, 5.41) is 2.74. The van der Waals surface area contributed by atoms with Crippen LogP contribution in [0.1, 0.15) is 30.4 Å². The quantitative estimate of drug-likeness (QED) is 0.499. The summed E-state index contributed by atoms with van der Waals surface area (Å²) in [5.41, 5.74) is 1.68. The van der Waals surface area contributed by atoms with E-state index in [1.807, 2.05) is 79.7 Å². The first-order valence-corrected chi connectivity index (χ1v) is 11.6. The van der Waals surface area contributed by atoms with E-state index in [1.165, 1.54) is 10.0 Å². The van der Waals surface area contributed by atoms with E-state index in [0.717, 1.165) is 17.7 Å². The highest BCUT2D eigenvalue weighted by atomic mass is 16.6. The van der Waals surface area contributed by atoms with Gasteiger partial charge in [0.1, 0.15) is 6.61 Å². The smallest absolute Gasteiger partial charge is 0.429 e. The van der Waals surface area contributed by atoms with Crippen LogP contribution in [0.4, 0.5) is 4.79 Å². The van der Waals surface area contributed by atoms with Gasteiger partial charge in [-0.2, -0.15) is 0 Å². The zero-order valence-corrected chi connectivity index (χ0v) is 19.9. The maximum absolute atomic E-state index is 13.0. The van der Waals surface area contributed by atoms with Crippen LogP contribution in [-0.2, 0) is 32.1 Å². The number of benzene rings is 2. The highest BCUT2D eigenvalue weighted by Gasteiger charge is 2.35. The second kappa shape index (κ2) is 12.7. The Kier molecular flexibility index (Phi) is 9.46. The van der Waals surface area contributed by atoms with Crippen molar-refractivity contribution < 1.29 is 23.9 Å². The number of ether oxygens (including phenoxy) is 2. The minimum absolute atomic E-state index is 0.0860. The standard InChI is InChI=1S/C26H33N3O5/c1-27(2)16-9-15-24(30)28-17-10-18-29(28)26(32)34-23(19-21-11-5-3-6-12-21)25(31)33-20-22-13-7-4-8-14-22/h3-8,11-14,23H,9-10,15-20H2,1-2H3. The lowest BCUT2D eigenvalue weighted by Crippen LogP contribution is -2.47. The predicted molar refractivity (Wildman–Crippen MR) is 127 cm³/mol. The van der Waals surface area contributed by atoms with Gasteiger partial charge in [-0.15, -0.1) is 0 Å². The lowest BCUT2D eigenvalue weighted by Gasteiger charge is -2.29.